The maximum atomic E-state index is 12.3. The van der Waals surface area contributed by atoms with Crippen LogP contribution in [-0.2, 0) is 20.6 Å². The summed E-state index contributed by atoms with van der Waals surface area (Å²) in [4.78, 5) is 26.3. The van der Waals surface area contributed by atoms with Gasteiger partial charge in [-0.05, 0) is 12.5 Å². The number of phenols is 1. The van der Waals surface area contributed by atoms with Crippen molar-refractivity contribution in [1.29, 1.82) is 5.26 Å². The Kier molecular flexibility index (Phi) is 5.09. The first-order valence-electron chi connectivity index (χ1n) is 7.64. The van der Waals surface area contributed by atoms with Crippen molar-refractivity contribution in [1.82, 2.24) is 9.13 Å². The molecule has 0 saturated carbocycles. The van der Waals surface area contributed by atoms with Crippen molar-refractivity contribution in [3.05, 3.63) is 56.2 Å². The second-order valence-corrected chi connectivity index (χ2v) is 5.57. The van der Waals surface area contributed by atoms with Crippen molar-refractivity contribution in [3.8, 4) is 11.8 Å². The minimum absolute atomic E-state index is 0.0801. The van der Waals surface area contributed by atoms with Crippen LogP contribution in [0.25, 0.3) is 0 Å². The Bertz CT molecular complexity index is 906. The summed E-state index contributed by atoms with van der Waals surface area (Å²) in [6.07, 6.45) is 0.752. The summed E-state index contributed by atoms with van der Waals surface area (Å²) in [6.45, 7) is 2.78. The highest BCUT2D eigenvalue weighted by Gasteiger charge is 2.21. The highest BCUT2D eigenvalue weighted by molar-refractivity contribution is 5.54. The minimum atomic E-state index is -0.617. The molecular weight excluding hydrogens is 308 g/mol. The highest BCUT2D eigenvalue weighted by atomic mass is 16.3. The molecule has 0 atom stereocenters. The smallest absolute Gasteiger partial charge is 0.332 e. The topological polar surface area (TPSA) is 91.3 Å². The van der Waals surface area contributed by atoms with Crippen LogP contribution in [0.15, 0.2) is 33.9 Å². The lowest BCUT2D eigenvalue weighted by Crippen LogP contribution is -2.42. The number of nitriles is 1. The van der Waals surface area contributed by atoms with E-state index in [1.54, 1.807) is 29.2 Å². The van der Waals surface area contributed by atoms with E-state index in [0.717, 1.165) is 11.0 Å². The number of aromatic nitrogens is 2. The van der Waals surface area contributed by atoms with Crippen molar-refractivity contribution in [2.45, 2.75) is 19.9 Å². The molecule has 24 heavy (non-hydrogen) atoms. The Morgan fingerprint density at radius 2 is 1.88 bits per heavy atom. The Labute approximate surface area is 139 Å². The van der Waals surface area contributed by atoms with Gasteiger partial charge in [0.2, 0.25) is 0 Å². The van der Waals surface area contributed by atoms with Crippen molar-refractivity contribution >= 4 is 5.82 Å². The van der Waals surface area contributed by atoms with E-state index in [4.69, 9.17) is 0 Å². The van der Waals surface area contributed by atoms with Crippen LogP contribution in [0, 0.1) is 11.3 Å². The molecule has 0 fully saturated rings. The molecule has 7 heteroatoms. The summed E-state index contributed by atoms with van der Waals surface area (Å²) in [7, 11) is 2.88. The van der Waals surface area contributed by atoms with Gasteiger partial charge in [-0.15, -0.1) is 0 Å². The van der Waals surface area contributed by atoms with Crippen LogP contribution in [0.4, 0.5) is 5.82 Å². The molecule has 0 amide bonds. The summed E-state index contributed by atoms with van der Waals surface area (Å²) in [6, 6.07) is 8.78. The average Bonchev–Trinajstić information content (AvgIpc) is 2.57. The summed E-state index contributed by atoms with van der Waals surface area (Å²) in [5.74, 6) is 0.404. The van der Waals surface area contributed by atoms with Gasteiger partial charge in [-0.25, -0.2) is 4.79 Å². The van der Waals surface area contributed by atoms with E-state index in [9.17, 15) is 20.0 Å². The van der Waals surface area contributed by atoms with Crippen LogP contribution in [0.3, 0.4) is 0 Å². The van der Waals surface area contributed by atoms with Crippen molar-refractivity contribution in [2.75, 3.05) is 11.4 Å². The first-order chi connectivity index (χ1) is 11.4. The fraction of sp³-hybridized carbons (Fsp3) is 0.353. The van der Waals surface area contributed by atoms with Crippen LogP contribution in [-0.4, -0.2) is 20.8 Å². The number of nitrogens with zero attached hydrogens (tertiary/aromatic N) is 4. The monoisotopic (exact) mass is 328 g/mol. The number of rotatable bonds is 5. The number of phenolic OH excluding ortho intramolecular Hbond substituents is 1. The van der Waals surface area contributed by atoms with Crippen LogP contribution >= 0.6 is 0 Å². The quantitative estimate of drug-likeness (QED) is 0.887. The molecule has 0 spiro atoms. The third-order valence-corrected chi connectivity index (χ3v) is 3.89. The van der Waals surface area contributed by atoms with Gasteiger partial charge in [0.1, 0.15) is 17.6 Å². The molecule has 0 unspecified atom stereocenters. The van der Waals surface area contributed by atoms with Gasteiger partial charge in [0.25, 0.3) is 5.56 Å². The Hall–Kier alpha value is -3.01. The molecule has 2 aromatic rings. The zero-order valence-electron chi connectivity index (χ0n) is 14.0. The van der Waals surface area contributed by atoms with Gasteiger partial charge in [-0.1, -0.05) is 25.1 Å². The van der Waals surface area contributed by atoms with E-state index >= 15 is 0 Å². The lowest BCUT2D eigenvalue weighted by Gasteiger charge is -2.27. The number of hydrogen-bond acceptors (Lipinski definition) is 5. The van der Waals surface area contributed by atoms with E-state index < -0.39 is 11.2 Å². The van der Waals surface area contributed by atoms with Crippen molar-refractivity contribution in [3.63, 3.8) is 0 Å². The van der Waals surface area contributed by atoms with Gasteiger partial charge in [-0.2, -0.15) is 5.26 Å². The lowest BCUT2D eigenvalue weighted by molar-refractivity contribution is 0.466. The van der Waals surface area contributed by atoms with E-state index in [2.05, 4.69) is 0 Å². The standard InChI is InChI=1S/C17H20N4O3/c1-4-9-21(11-12-7-5-6-8-14(12)22)15-13(10-18)16(23)20(3)17(24)19(15)2/h5-8,22H,4,9,11H2,1-3H3. The molecular formula is C17H20N4O3. The van der Waals surface area contributed by atoms with E-state index in [1.165, 1.54) is 18.7 Å². The average molecular weight is 328 g/mol. The first kappa shape index (κ1) is 17.3. The maximum absolute atomic E-state index is 12.3. The van der Waals surface area contributed by atoms with Crippen LogP contribution in [0.1, 0.15) is 24.5 Å². The second kappa shape index (κ2) is 7.04. The highest BCUT2D eigenvalue weighted by Crippen LogP contribution is 2.23. The van der Waals surface area contributed by atoms with Crippen LogP contribution < -0.4 is 16.1 Å². The summed E-state index contributed by atoms with van der Waals surface area (Å²) >= 11 is 0. The number of aromatic hydroxyl groups is 1. The summed E-state index contributed by atoms with van der Waals surface area (Å²) in [5.41, 5.74) is -0.534. The van der Waals surface area contributed by atoms with E-state index in [1.807, 2.05) is 13.0 Å². The van der Waals surface area contributed by atoms with E-state index in [-0.39, 0.29) is 23.7 Å². The number of para-hydroxylation sites is 1. The van der Waals surface area contributed by atoms with E-state index in [0.29, 0.717) is 12.1 Å². The van der Waals surface area contributed by atoms with Gasteiger partial charge in [0.05, 0.1) is 0 Å². The molecule has 2 rings (SSSR count). The van der Waals surface area contributed by atoms with Gasteiger partial charge in [-0.3, -0.25) is 13.9 Å². The molecule has 0 aliphatic rings. The molecule has 7 nitrogen and oxygen atoms in total. The number of anilines is 1. The third-order valence-electron chi connectivity index (χ3n) is 3.89. The largest absolute Gasteiger partial charge is 0.508 e. The molecule has 0 aliphatic heterocycles. The van der Waals surface area contributed by atoms with Crippen molar-refractivity contribution in [2.24, 2.45) is 14.1 Å². The first-order valence-corrected chi connectivity index (χ1v) is 7.64. The lowest BCUT2D eigenvalue weighted by atomic mass is 10.1. The molecule has 0 radical (unpaired) electrons. The summed E-state index contributed by atoms with van der Waals surface area (Å²) < 4.78 is 2.22. The normalized spacial score (nSPS) is 10.4. The Morgan fingerprint density at radius 3 is 2.46 bits per heavy atom. The number of hydrogen-bond donors (Lipinski definition) is 1. The molecule has 1 aromatic heterocycles. The van der Waals surface area contributed by atoms with Gasteiger partial charge < -0.3 is 10.0 Å². The van der Waals surface area contributed by atoms with Gasteiger partial charge >= 0.3 is 5.69 Å². The van der Waals surface area contributed by atoms with Gasteiger partial charge in [0, 0.05) is 32.7 Å². The Morgan fingerprint density at radius 1 is 1.21 bits per heavy atom. The molecule has 1 aromatic carbocycles. The zero-order valence-corrected chi connectivity index (χ0v) is 14.0. The predicted molar refractivity (Wildman–Crippen MR) is 91.1 cm³/mol. The molecule has 0 aliphatic carbocycles. The predicted octanol–water partition coefficient (Wildman–Crippen LogP) is 1.08. The SMILES string of the molecule is CCCN(Cc1ccccc1O)c1c(C#N)c(=O)n(C)c(=O)n1C. The fourth-order valence-corrected chi connectivity index (χ4v) is 2.68. The fourth-order valence-electron chi connectivity index (χ4n) is 2.68. The molecule has 126 valence electrons. The Balaban J connectivity index is 2.65. The molecule has 1 N–H and O–H groups in total. The van der Waals surface area contributed by atoms with Crippen molar-refractivity contribution < 1.29 is 5.11 Å². The van der Waals surface area contributed by atoms with Crippen LogP contribution in [0.5, 0.6) is 5.75 Å². The summed E-state index contributed by atoms with van der Waals surface area (Å²) in [5, 5.41) is 19.4. The minimum Gasteiger partial charge on any atom is -0.508 e. The molecule has 0 bridgehead atoms. The van der Waals surface area contributed by atoms with Gasteiger partial charge in [0.15, 0.2) is 5.56 Å². The number of benzene rings is 1. The second-order valence-electron chi connectivity index (χ2n) is 5.57. The molecule has 1 heterocycles. The zero-order chi connectivity index (χ0) is 17.9. The molecule has 0 saturated heterocycles. The third kappa shape index (κ3) is 3.04. The maximum Gasteiger partial charge on any atom is 0.332 e. The van der Waals surface area contributed by atoms with Crippen LogP contribution in [0.2, 0.25) is 0 Å².